The third-order valence-electron chi connectivity index (χ3n) is 2.45. The first kappa shape index (κ1) is 14.7. The summed E-state index contributed by atoms with van der Waals surface area (Å²) < 4.78 is 0. The molecule has 0 aromatic heterocycles. The molecule has 0 spiro atoms. The lowest BCUT2D eigenvalue weighted by molar-refractivity contribution is 0.569. The highest BCUT2D eigenvalue weighted by Gasteiger charge is 2.00. The first-order valence-corrected chi connectivity index (χ1v) is 5.86. The third kappa shape index (κ3) is 4.95. The fraction of sp³-hybridized carbons (Fsp3) is 0.467. The lowest BCUT2D eigenvalue weighted by Crippen LogP contribution is -1.87. The zero-order valence-electron chi connectivity index (χ0n) is 11.1. The summed E-state index contributed by atoms with van der Waals surface area (Å²) in [6.45, 7) is 10.2. The SMILES string of the molecule is CC(=C=O)c1cc(C)ccc1C.CCCC. The summed E-state index contributed by atoms with van der Waals surface area (Å²) >= 11 is 0. The maximum atomic E-state index is 10.4. The van der Waals surface area contributed by atoms with Crippen LogP contribution >= 0.6 is 0 Å². The van der Waals surface area contributed by atoms with Gasteiger partial charge in [0, 0.05) is 5.57 Å². The van der Waals surface area contributed by atoms with Gasteiger partial charge in [0.05, 0.1) is 0 Å². The van der Waals surface area contributed by atoms with Crippen molar-refractivity contribution in [3.8, 4) is 0 Å². The van der Waals surface area contributed by atoms with Gasteiger partial charge in [-0.2, -0.15) is 0 Å². The normalized spacial score (nSPS) is 8.81. The van der Waals surface area contributed by atoms with Crippen LogP contribution in [0.2, 0.25) is 0 Å². The summed E-state index contributed by atoms with van der Waals surface area (Å²) in [5.74, 6) is 1.92. The zero-order chi connectivity index (χ0) is 12.6. The van der Waals surface area contributed by atoms with E-state index in [0.29, 0.717) is 5.57 Å². The maximum absolute atomic E-state index is 10.4. The van der Waals surface area contributed by atoms with Gasteiger partial charge in [-0.25, -0.2) is 4.79 Å². The van der Waals surface area contributed by atoms with Crippen LogP contribution in [0.4, 0.5) is 0 Å². The summed E-state index contributed by atoms with van der Waals surface area (Å²) in [7, 11) is 0. The van der Waals surface area contributed by atoms with Gasteiger partial charge in [0.2, 0.25) is 0 Å². The van der Waals surface area contributed by atoms with Gasteiger partial charge in [0.25, 0.3) is 0 Å². The van der Waals surface area contributed by atoms with Crippen LogP contribution in [0.25, 0.3) is 5.57 Å². The van der Waals surface area contributed by atoms with E-state index >= 15 is 0 Å². The van der Waals surface area contributed by atoms with Crippen LogP contribution < -0.4 is 0 Å². The molecule has 0 heterocycles. The van der Waals surface area contributed by atoms with Crippen molar-refractivity contribution in [2.45, 2.75) is 47.5 Å². The van der Waals surface area contributed by atoms with Crippen molar-refractivity contribution in [1.29, 1.82) is 0 Å². The molecule has 1 rings (SSSR count). The van der Waals surface area contributed by atoms with E-state index < -0.39 is 0 Å². The maximum Gasteiger partial charge on any atom is 0.128 e. The highest BCUT2D eigenvalue weighted by molar-refractivity contribution is 5.87. The number of benzene rings is 1. The number of carbonyl (C=O) groups excluding carboxylic acids is 1. The summed E-state index contributed by atoms with van der Waals surface area (Å²) in [5.41, 5.74) is 3.98. The Labute approximate surface area is 99.2 Å². The molecule has 0 fully saturated rings. The molecule has 0 saturated carbocycles. The average molecular weight is 218 g/mol. The van der Waals surface area contributed by atoms with Crippen LogP contribution in [0.5, 0.6) is 0 Å². The second kappa shape index (κ2) is 7.90. The molecule has 0 radical (unpaired) electrons. The Morgan fingerprint density at radius 1 is 1.19 bits per heavy atom. The van der Waals surface area contributed by atoms with Crippen molar-refractivity contribution in [3.05, 3.63) is 34.9 Å². The largest absolute Gasteiger partial charge is 0.233 e. The van der Waals surface area contributed by atoms with Crippen molar-refractivity contribution in [1.82, 2.24) is 0 Å². The molecule has 0 bridgehead atoms. The van der Waals surface area contributed by atoms with Crippen LogP contribution in [0, 0.1) is 13.8 Å². The van der Waals surface area contributed by atoms with Crippen molar-refractivity contribution in [3.63, 3.8) is 0 Å². The standard InChI is InChI=1S/C11H12O.C4H10/c1-8-4-5-9(2)11(6-8)10(3)7-12;1-3-4-2/h4-6H,1-3H3;3-4H2,1-2H3. The molecule has 0 amide bonds. The van der Waals surface area contributed by atoms with Crippen LogP contribution in [-0.4, -0.2) is 5.94 Å². The van der Waals surface area contributed by atoms with Crippen molar-refractivity contribution < 1.29 is 4.79 Å². The molecule has 0 aliphatic rings. The van der Waals surface area contributed by atoms with E-state index in [1.165, 1.54) is 18.4 Å². The minimum atomic E-state index is 0.677. The number of hydrogen-bond acceptors (Lipinski definition) is 1. The van der Waals surface area contributed by atoms with Gasteiger partial charge in [0.1, 0.15) is 5.94 Å². The Kier molecular flexibility index (Phi) is 7.24. The number of unbranched alkanes of at least 4 members (excludes halogenated alkanes) is 1. The molecule has 0 aliphatic carbocycles. The summed E-state index contributed by atoms with van der Waals surface area (Å²) in [6.07, 6.45) is 2.64. The molecule has 0 unspecified atom stereocenters. The van der Waals surface area contributed by atoms with Crippen molar-refractivity contribution >= 4 is 11.5 Å². The lowest BCUT2D eigenvalue weighted by atomic mass is 10.0. The highest BCUT2D eigenvalue weighted by Crippen LogP contribution is 2.17. The lowest BCUT2D eigenvalue weighted by Gasteiger charge is -2.03. The molecule has 0 saturated heterocycles. The molecule has 1 aromatic rings. The van der Waals surface area contributed by atoms with Gasteiger partial charge in [-0.05, 0) is 31.9 Å². The van der Waals surface area contributed by atoms with Gasteiger partial charge in [-0.1, -0.05) is 50.5 Å². The van der Waals surface area contributed by atoms with Crippen molar-refractivity contribution in [2.75, 3.05) is 0 Å². The topological polar surface area (TPSA) is 17.1 Å². The highest BCUT2D eigenvalue weighted by atomic mass is 16.1. The minimum absolute atomic E-state index is 0.677. The van der Waals surface area contributed by atoms with E-state index in [-0.39, 0.29) is 0 Å². The fourth-order valence-electron chi connectivity index (χ4n) is 1.19. The van der Waals surface area contributed by atoms with E-state index in [0.717, 1.165) is 11.1 Å². The van der Waals surface area contributed by atoms with Crippen molar-refractivity contribution in [2.24, 2.45) is 0 Å². The zero-order valence-corrected chi connectivity index (χ0v) is 11.1. The first-order valence-electron chi connectivity index (χ1n) is 5.86. The predicted octanol–water partition coefficient (Wildman–Crippen LogP) is 4.34. The molecule has 0 N–H and O–H groups in total. The van der Waals surface area contributed by atoms with Crippen LogP contribution in [-0.2, 0) is 4.79 Å². The third-order valence-corrected chi connectivity index (χ3v) is 2.45. The Hall–Kier alpha value is -1.33. The Morgan fingerprint density at radius 2 is 1.75 bits per heavy atom. The summed E-state index contributed by atoms with van der Waals surface area (Å²) in [4.78, 5) is 10.4. The Balaban J connectivity index is 0.000000487. The molecule has 88 valence electrons. The minimum Gasteiger partial charge on any atom is -0.233 e. The van der Waals surface area contributed by atoms with Gasteiger partial charge in [-0.3, -0.25) is 0 Å². The monoisotopic (exact) mass is 218 g/mol. The molecular formula is C15H22O. The molecular weight excluding hydrogens is 196 g/mol. The number of aryl methyl sites for hydroxylation is 2. The fourth-order valence-corrected chi connectivity index (χ4v) is 1.19. The van der Waals surface area contributed by atoms with E-state index in [4.69, 9.17) is 0 Å². The van der Waals surface area contributed by atoms with E-state index in [9.17, 15) is 4.79 Å². The molecule has 16 heavy (non-hydrogen) atoms. The van der Waals surface area contributed by atoms with Crippen LogP contribution in [0.15, 0.2) is 18.2 Å². The second-order valence-electron chi connectivity index (χ2n) is 4.05. The number of rotatable bonds is 2. The molecule has 0 atom stereocenters. The van der Waals surface area contributed by atoms with Gasteiger partial charge < -0.3 is 0 Å². The Morgan fingerprint density at radius 3 is 2.19 bits per heavy atom. The second-order valence-corrected chi connectivity index (χ2v) is 4.05. The molecule has 1 nitrogen and oxygen atoms in total. The van der Waals surface area contributed by atoms with Crippen LogP contribution in [0.3, 0.4) is 0 Å². The first-order chi connectivity index (χ1) is 7.56. The average Bonchev–Trinajstić information content (AvgIpc) is 2.31. The quantitative estimate of drug-likeness (QED) is 0.675. The summed E-state index contributed by atoms with van der Waals surface area (Å²) in [6, 6.07) is 6.07. The van der Waals surface area contributed by atoms with E-state index in [1.807, 2.05) is 38.0 Å². The van der Waals surface area contributed by atoms with E-state index in [1.54, 1.807) is 6.92 Å². The van der Waals surface area contributed by atoms with Gasteiger partial charge in [0.15, 0.2) is 0 Å². The molecule has 1 aromatic carbocycles. The van der Waals surface area contributed by atoms with Gasteiger partial charge >= 0.3 is 0 Å². The smallest absolute Gasteiger partial charge is 0.128 e. The Bertz CT molecular complexity index is 369. The molecule has 0 aliphatic heterocycles. The molecule has 1 heteroatoms. The summed E-state index contributed by atoms with van der Waals surface area (Å²) in [5, 5.41) is 0. The van der Waals surface area contributed by atoms with Crippen LogP contribution in [0.1, 0.15) is 50.3 Å². The van der Waals surface area contributed by atoms with Gasteiger partial charge in [-0.15, -0.1) is 0 Å². The van der Waals surface area contributed by atoms with E-state index in [2.05, 4.69) is 13.8 Å². The predicted molar refractivity (Wildman–Crippen MR) is 71.3 cm³/mol. The number of hydrogen-bond donors (Lipinski definition) is 0. The number of allylic oxidation sites excluding steroid dienone is 1.